The Morgan fingerprint density at radius 1 is 1.20 bits per heavy atom. The summed E-state index contributed by atoms with van der Waals surface area (Å²) in [6, 6.07) is 11.9. The summed E-state index contributed by atoms with van der Waals surface area (Å²) in [4.78, 5) is 14.5. The van der Waals surface area contributed by atoms with Gasteiger partial charge in [-0.05, 0) is 72.5 Å². The monoisotopic (exact) mass is 403 g/mol. The molecule has 1 amide bonds. The van der Waals surface area contributed by atoms with Gasteiger partial charge in [0.1, 0.15) is 5.82 Å². The molecule has 0 saturated carbocycles. The van der Waals surface area contributed by atoms with E-state index in [1.807, 2.05) is 44.6 Å². The van der Waals surface area contributed by atoms with Crippen LogP contribution in [0.3, 0.4) is 0 Å². The molecule has 0 bridgehead atoms. The normalized spacial score (nSPS) is 11.2. The van der Waals surface area contributed by atoms with Gasteiger partial charge in [0.25, 0.3) is 5.91 Å². The van der Waals surface area contributed by atoms with E-state index < -0.39 is 5.82 Å². The van der Waals surface area contributed by atoms with Crippen molar-refractivity contribution in [3.05, 3.63) is 64.5 Å². The van der Waals surface area contributed by atoms with Crippen LogP contribution in [0.4, 0.5) is 10.1 Å². The first-order valence-electron chi connectivity index (χ1n) is 7.94. The fraction of sp³-hybridized carbons (Fsp3) is 0.211. The lowest BCUT2D eigenvalue weighted by molar-refractivity contribution is 0.102. The van der Waals surface area contributed by atoms with E-state index in [2.05, 4.69) is 30.7 Å². The van der Waals surface area contributed by atoms with Crippen molar-refractivity contribution in [3.8, 4) is 0 Å². The largest absolute Gasteiger partial charge is 0.346 e. The van der Waals surface area contributed by atoms with Crippen LogP contribution >= 0.6 is 15.9 Å². The molecule has 130 valence electrons. The molecule has 1 heterocycles. The summed E-state index contributed by atoms with van der Waals surface area (Å²) in [6.45, 7) is 1.86. The molecule has 0 unspecified atom stereocenters. The van der Waals surface area contributed by atoms with Crippen LogP contribution in [0, 0.1) is 5.82 Å². The number of rotatable bonds is 5. The van der Waals surface area contributed by atoms with Gasteiger partial charge in [0.2, 0.25) is 0 Å². The Morgan fingerprint density at radius 2 is 2.00 bits per heavy atom. The van der Waals surface area contributed by atoms with Crippen molar-refractivity contribution in [1.29, 1.82) is 0 Å². The molecule has 0 radical (unpaired) electrons. The summed E-state index contributed by atoms with van der Waals surface area (Å²) in [5.41, 5.74) is 2.06. The lowest BCUT2D eigenvalue weighted by Crippen LogP contribution is -2.17. The van der Waals surface area contributed by atoms with Crippen molar-refractivity contribution in [2.45, 2.75) is 6.54 Å². The van der Waals surface area contributed by atoms with Gasteiger partial charge in [0.15, 0.2) is 0 Å². The van der Waals surface area contributed by atoms with Crippen molar-refractivity contribution < 1.29 is 9.18 Å². The molecule has 0 spiro atoms. The molecule has 25 heavy (non-hydrogen) atoms. The van der Waals surface area contributed by atoms with Crippen LogP contribution in [-0.4, -0.2) is 36.0 Å². The molecule has 6 heteroatoms. The second-order valence-electron chi connectivity index (χ2n) is 6.16. The molecule has 0 saturated heterocycles. The third-order valence-electron chi connectivity index (χ3n) is 3.99. The molecule has 3 rings (SSSR count). The number of likely N-dealkylation sites (N-methyl/N-ethyl adjacent to an activating group) is 1. The first-order chi connectivity index (χ1) is 11.9. The third-order valence-corrected chi connectivity index (χ3v) is 4.68. The van der Waals surface area contributed by atoms with Gasteiger partial charge in [0, 0.05) is 40.3 Å². The zero-order valence-corrected chi connectivity index (χ0v) is 15.7. The zero-order valence-electron chi connectivity index (χ0n) is 14.1. The van der Waals surface area contributed by atoms with Gasteiger partial charge in [-0.1, -0.05) is 0 Å². The second kappa shape index (κ2) is 7.37. The van der Waals surface area contributed by atoms with Gasteiger partial charge in [-0.25, -0.2) is 4.39 Å². The highest BCUT2D eigenvalue weighted by atomic mass is 79.9. The maximum atomic E-state index is 13.4. The van der Waals surface area contributed by atoms with Crippen molar-refractivity contribution in [1.82, 2.24) is 9.47 Å². The van der Waals surface area contributed by atoms with E-state index in [-0.39, 0.29) is 11.5 Å². The Hall–Kier alpha value is -2.18. The van der Waals surface area contributed by atoms with Crippen LogP contribution < -0.4 is 5.32 Å². The van der Waals surface area contributed by atoms with Crippen molar-refractivity contribution >= 4 is 38.4 Å². The summed E-state index contributed by atoms with van der Waals surface area (Å²) in [5.74, 6) is -0.792. The molecule has 0 aliphatic heterocycles. The number of amides is 1. The van der Waals surface area contributed by atoms with E-state index in [0.717, 1.165) is 24.0 Å². The van der Waals surface area contributed by atoms with Crippen molar-refractivity contribution in [2.24, 2.45) is 0 Å². The van der Waals surface area contributed by atoms with E-state index in [4.69, 9.17) is 0 Å². The average molecular weight is 404 g/mol. The third kappa shape index (κ3) is 4.08. The Balaban J connectivity index is 1.80. The van der Waals surface area contributed by atoms with Gasteiger partial charge >= 0.3 is 0 Å². The molecule has 1 aromatic heterocycles. The first kappa shape index (κ1) is 17.6. The number of carbonyl (C=O) groups is 1. The number of carbonyl (C=O) groups excluding carboxylic acids is 1. The maximum absolute atomic E-state index is 13.4. The summed E-state index contributed by atoms with van der Waals surface area (Å²) in [6.07, 6.45) is 2.04. The maximum Gasteiger partial charge on any atom is 0.256 e. The number of halogens is 2. The number of fused-ring (bicyclic) bond motifs is 1. The summed E-state index contributed by atoms with van der Waals surface area (Å²) in [7, 11) is 4.09. The predicted molar refractivity (Wildman–Crippen MR) is 103 cm³/mol. The van der Waals surface area contributed by atoms with E-state index in [1.54, 1.807) is 0 Å². The lowest BCUT2D eigenvalue weighted by atomic mass is 10.2. The smallest absolute Gasteiger partial charge is 0.256 e. The fourth-order valence-corrected chi connectivity index (χ4v) is 3.08. The summed E-state index contributed by atoms with van der Waals surface area (Å²) >= 11 is 3.28. The first-order valence-corrected chi connectivity index (χ1v) is 8.73. The molecule has 0 aliphatic rings. The SMILES string of the molecule is CN(C)CCn1ccc2cc(NC(=O)c3cc(F)ccc3Br)ccc21. The molecular formula is C19H19BrFN3O. The van der Waals surface area contributed by atoms with Crippen LogP contribution in [-0.2, 0) is 6.54 Å². The minimum absolute atomic E-state index is 0.267. The predicted octanol–water partition coefficient (Wildman–Crippen LogP) is 4.36. The highest BCUT2D eigenvalue weighted by Crippen LogP contribution is 2.23. The molecule has 3 aromatic rings. The molecule has 0 fully saturated rings. The van der Waals surface area contributed by atoms with Crippen LogP contribution in [0.25, 0.3) is 10.9 Å². The van der Waals surface area contributed by atoms with Gasteiger partial charge < -0.3 is 14.8 Å². The van der Waals surface area contributed by atoms with Gasteiger partial charge in [-0.2, -0.15) is 0 Å². The highest BCUT2D eigenvalue weighted by molar-refractivity contribution is 9.10. The standard InChI is InChI=1S/C19H19BrFN3O/c1-23(2)9-10-24-8-7-13-11-15(4-6-18(13)24)22-19(25)16-12-14(21)3-5-17(16)20/h3-8,11-12H,9-10H2,1-2H3,(H,22,25). The number of nitrogens with one attached hydrogen (secondary N) is 1. The van der Waals surface area contributed by atoms with E-state index >= 15 is 0 Å². The highest BCUT2D eigenvalue weighted by Gasteiger charge is 2.12. The van der Waals surface area contributed by atoms with Gasteiger partial charge in [-0.3, -0.25) is 4.79 Å². The van der Waals surface area contributed by atoms with Crippen LogP contribution in [0.2, 0.25) is 0 Å². The molecule has 0 atom stereocenters. The number of anilines is 1. The Bertz CT molecular complexity index is 920. The van der Waals surface area contributed by atoms with Gasteiger partial charge in [-0.15, -0.1) is 0 Å². The Kier molecular flexibility index (Phi) is 5.20. The number of hydrogen-bond acceptors (Lipinski definition) is 2. The second-order valence-corrected chi connectivity index (χ2v) is 7.02. The topological polar surface area (TPSA) is 37.3 Å². The van der Waals surface area contributed by atoms with Crippen LogP contribution in [0.15, 0.2) is 53.1 Å². The van der Waals surface area contributed by atoms with Crippen LogP contribution in [0.5, 0.6) is 0 Å². The van der Waals surface area contributed by atoms with Crippen LogP contribution in [0.1, 0.15) is 10.4 Å². The van der Waals surface area contributed by atoms with E-state index in [9.17, 15) is 9.18 Å². The van der Waals surface area contributed by atoms with E-state index in [0.29, 0.717) is 10.2 Å². The average Bonchev–Trinajstić information content (AvgIpc) is 2.97. The molecule has 0 aliphatic carbocycles. The molecular weight excluding hydrogens is 385 g/mol. The molecule has 2 aromatic carbocycles. The zero-order chi connectivity index (χ0) is 18.0. The summed E-state index contributed by atoms with van der Waals surface area (Å²) in [5, 5.41) is 3.88. The summed E-state index contributed by atoms with van der Waals surface area (Å²) < 4.78 is 16.1. The number of benzene rings is 2. The number of nitrogens with zero attached hydrogens (tertiary/aromatic N) is 2. The number of aromatic nitrogens is 1. The minimum Gasteiger partial charge on any atom is -0.346 e. The number of hydrogen-bond donors (Lipinski definition) is 1. The Labute approximate surface area is 154 Å². The van der Waals surface area contributed by atoms with Gasteiger partial charge in [0.05, 0.1) is 5.56 Å². The quantitative estimate of drug-likeness (QED) is 0.687. The Morgan fingerprint density at radius 3 is 2.76 bits per heavy atom. The minimum atomic E-state index is -0.443. The van der Waals surface area contributed by atoms with E-state index in [1.165, 1.54) is 18.2 Å². The molecule has 4 nitrogen and oxygen atoms in total. The fourth-order valence-electron chi connectivity index (χ4n) is 2.65. The van der Waals surface area contributed by atoms with Crippen molar-refractivity contribution in [3.63, 3.8) is 0 Å². The molecule has 1 N–H and O–H groups in total. The lowest BCUT2D eigenvalue weighted by Gasteiger charge is -2.11. The van der Waals surface area contributed by atoms with Crippen molar-refractivity contribution in [2.75, 3.05) is 26.0 Å².